The maximum absolute atomic E-state index is 12.3. The minimum absolute atomic E-state index is 0.198. The molecule has 2 aromatic rings. The summed E-state index contributed by atoms with van der Waals surface area (Å²) in [5.41, 5.74) is 0.694. The van der Waals surface area contributed by atoms with Crippen molar-refractivity contribution in [1.29, 1.82) is 0 Å². The van der Waals surface area contributed by atoms with Crippen molar-refractivity contribution >= 4 is 32.8 Å². The summed E-state index contributed by atoms with van der Waals surface area (Å²) in [5, 5.41) is 13.0. The lowest BCUT2D eigenvalue weighted by Gasteiger charge is -2.20. The van der Waals surface area contributed by atoms with E-state index in [1.807, 2.05) is 18.2 Å². The first-order valence-corrected chi connectivity index (χ1v) is 10.3. The van der Waals surface area contributed by atoms with Crippen molar-refractivity contribution in [2.45, 2.75) is 12.8 Å². The normalized spacial score (nSPS) is 17.9. The van der Waals surface area contributed by atoms with Gasteiger partial charge < -0.3 is 9.63 Å². The number of nitrogens with zero attached hydrogens (tertiary/aromatic N) is 1. The first-order chi connectivity index (χ1) is 11.5. The van der Waals surface area contributed by atoms with Gasteiger partial charge in [0.2, 0.25) is 0 Å². The van der Waals surface area contributed by atoms with Crippen LogP contribution in [0.2, 0.25) is 4.34 Å². The summed E-state index contributed by atoms with van der Waals surface area (Å²) >= 11 is 7.32. The second kappa shape index (κ2) is 7.23. The van der Waals surface area contributed by atoms with Crippen LogP contribution in [0.4, 0.5) is 0 Å². The molecule has 0 radical (unpaired) electrons. The second-order valence-electron chi connectivity index (χ2n) is 5.46. The molecule has 0 bridgehead atoms. The van der Waals surface area contributed by atoms with Crippen LogP contribution in [0.25, 0.3) is 10.6 Å². The molecule has 128 valence electrons. The zero-order valence-electron chi connectivity index (χ0n) is 12.7. The van der Waals surface area contributed by atoms with E-state index in [0.717, 1.165) is 4.88 Å². The van der Waals surface area contributed by atoms with Gasteiger partial charge in [0.15, 0.2) is 15.6 Å². The first-order valence-electron chi connectivity index (χ1n) is 7.41. The molecule has 1 aliphatic carbocycles. The summed E-state index contributed by atoms with van der Waals surface area (Å²) in [6.07, 6.45) is 6.36. The van der Waals surface area contributed by atoms with E-state index in [9.17, 15) is 8.42 Å². The van der Waals surface area contributed by atoms with Crippen LogP contribution in [-0.2, 0) is 16.3 Å². The molecule has 0 saturated heterocycles. The van der Waals surface area contributed by atoms with Crippen molar-refractivity contribution in [2.24, 2.45) is 5.92 Å². The summed E-state index contributed by atoms with van der Waals surface area (Å²) in [7, 11) is -3.46. The Labute approximate surface area is 149 Å². The third-order valence-corrected chi connectivity index (χ3v) is 6.92. The molecule has 8 heteroatoms. The summed E-state index contributed by atoms with van der Waals surface area (Å²) < 4.78 is 30.6. The molecule has 0 amide bonds. The third-order valence-electron chi connectivity index (χ3n) is 3.77. The highest BCUT2D eigenvalue weighted by atomic mass is 35.5. The fraction of sp³-hybridized carbons (Fsp3) is 0.312. The molecule has 0 spiro atoms. The number of hydrogen-bond donors (Lipinski definition) is 1. The summed E-state index contributed by atoms with van der Waals surface area (Å²) in [6.45, 7) is -0.386. The van der Waals surface area contributed by atoms with Gasteiger partial charge in [-0.15, -0.1) is 11.3 Å². The Bertz CT molecular complexity index is 880. The minimum Gasteiger partial charge on any atom is -0.395 e. The molecule has 2 heterocycles. The highest BCUT2D eigenvalue weighted by molar-refractivity contribution is 7.95. The molecule has 1 N–H and O–H groups in total. The van der Waals surface area contributed by atoms with E-state index in [2.05, 4.69) is 5.16 Å². The van der Waals surface area contributed by atoms with Crippen molar-refractivity contribution in [3.05, 3.63) is 51.4 Å². The van der Waals surface area contributed by atoms with Crippen LogP contribution >= 0.6 is 22.9 Å². The predicted molar refractivity (Wildman–Crippen MR) is 94.7 cm³/mol. The van der Waals surface area contributed by atoms with E-state index < -0.39 is 9.84 Å². The lowest BCUT2D eigenvalue weighted by atomic mass is 9.95. The number of aliphatic hydroxyl groups is 1. The summed E-state index contributed by atoms with van der Waals surface area (Å²) in [5.74, 6) is 0.162. The van der Waals surface area contributed by atoms with Gasteiger partial charge in [-0.1, -0.05) is 28.9 Å². The van der Waals surface area contributed by atoms with Crippen LogP contribution in [0.1, 0.15) is 12.1 Å². The number of aliphatic hydroxyl groups excluding tert-OH is 1. The van der Waals surface area contributed by atoms with E-state index in [0.29, 0.717) is 33.5 Å². The summed E-state index contributed by atoms with van der Waals surface area (Å²) in [6, 6.07) is 5.46. The Balaban J connectivity index is 1.79. The standard InChI is InChI=1S/C16H16ClNO4S2/c17-16-6-5-14(23-16)13-10-12(18-22-13)9-11-3-1-2-4-15(11)24(20,21)8-7-19/h1-2,4-6,10-11,19H,3,7-9H2. The quantitative estimate of drug-likeness (QED) is 0.823. The van der Waals surface area contributed by atoms with Gasteiger partial charge in [-0.2, -0.15) is 0 Å². The summed E-state index contributed by atoms with van der Waals surface area (Å²) in [4.78, 5) is 1.23. The molecule has 3 rings (SSSR count). The largest absolute Gasteiger partial charge is 0.395 e. The molecule has 2 aromatic heterocycles. The molecule has 0 aliphatic heterocycles. The fourth-order valence-electron chi connectivity index (χ4n) is 2.66. The average molecular weight is 386 g/mol. The Hall–Kier alpha value is -1.41. The van der Waals surface area contributed by atoms with E-state index >= 15 is 0 Å². The number of rotatable bonds is 6. The maximum Gasteiger partial charge on any atom is 0.177 e. The number of allylic oxidation sites excluding steroid dienone is 4. The van der Waals surface area contributed by atoms with E-state index in [1.54, 1.807) is 18.2 Å². The minimum atomic E-state index is -3.46. The van der Waals surface area contributed by atoms with Crippen LogP contribution in [-0.4, -0.2) is 31.0 Å². The number of sulfone groups is 1. The number of hydrogen-bond acceptors (Lipinski definition) is 6. The van der Waals surface area contributed by atoms with Gasteiger partial charge in [0.05, 0.1) is 27.3 Å². The molecular formula is C16H16ClNO4S2. The van der Waals surface area contributed by atoms with Crippen molar-refractivity contribution in [1.82, 2.24) is 5.16 Å². The van der Waals surface area contributed by atoms with Gasteiger partial charge in [-0.25, -0.2) is 8.42 Å². The molecule has 1 aliphatic rings. The molecule has 24 heavy (non-hydrogen) atoms. The first kappa shape index (κ1) is 17.4. The molecule has 1 unspecified atom stereocenters. The van der Waals surface area contributed by atoms with Gasteiger partial charge in [-0.05, 0) is 24.6 Å². The van der Waals surface area contributed by atoms with Gasteiger partial charge in [0.1, 0.15) is 0 Å². The van der Waals surface area contributed by atoms with Crippen molar-refractivity contribution < 1.29 is 18.0 Å². The lowest BCUT2D eigenvalue weighted by Crippen LogP contribution is -2.21. The van der Waals surface area contributed by atoms with Crippen molar-refractivity contribution in [3.8, 4) is 10.6 Å². The fourth-order valence-corrected chi connectivity index (χ4v) is 5.10. The van der Waals surface area contributed by atoms with E-state index in [4.69, 9.17) is 21.2 Å². The smallest absolute Gasteiger partial charge is 0.177 e. The van der Waals surface area contributed by atoms with Gasteiger partial charge in [0.25, 0.3) is 0 Å². The van der Waals surface area contributed by atoms with Crippen LogP contribution in [0.3, 0.4) is 0 Å². The van der Waals surface area contributed by atoms with Gasteiger partial charge in [0, 0.05) is 23.3 Å². The second-order valence-corrected chi connectivity index (χ2v) is 9.29. The zero-order valence-corrected chi connectivity index (χ0v) is 15.1. The Morgan fingerprint density at radius 2 is 2.25 bits per heavy atom. The van der Waals surface area contributed by atoms with E-state index in [1.165, 1.54) is 11.3 Å². The van der Waals surface area contributed by atoms with Crippen LogP contribution < -0.4 is 0 Å². The Kier molecular flexibility index (Phi) is 5.24. The maximum atomic E-state index is 12.3. The highest BCUT2D eigenvalue weighted by Gasteiger charge is 2.27. The Morgan fingerprint density at radius 3 is 2.96 bits per heavy atom. The molecule has 1 atom stereocenters. The third kappa shape index (κ3) is 3.80. The molecule has 0 saturated carbocycles. The van der Waals surface area contributed by atoms with Crippen molar-refractivity contribution in [2.75, 3.05) is 12.4 Å². The number of aromatic nitrogens is 1. The van der Waals surface area contributed by atoms with Gasteiger partial charge in [-0.3, -0.25) is 0 Å². The average Bonchev–Trinajstić information content (AvgIpc) is 3.16. The molecule has 0 aromatic carbocycles. The van der Waals surface area contributed by atoms with Crippen LogP contribution in [0, 0.1) is 5.92 Å². The van der Waals surface area contributed by atoms with Gasteiger partial charge >= 0.3 is 0 Å². The molecule has 5 nitrogen and oxygen atoms in total. The van der Waals surface area contributed by atoms with Crippen LogP contribution in [0.15, 0.2) is 45.9 Å². The molecule has 0 fully saturated rings. The predicted octanol–water partition coefficient (Wildman–Crippen LogP) is 3.47. The SMILES string of the molecule is O=S(=O)(CCO)C1=CC=CCC1Cc1cc(-c2ccc(Cl)s2)on1. The molecular weight excluding hydrogens is 370 g/mol. The monoisotopic (exact) mass is 385 g/mol. The highest BCUT2D eigenvalue weighted by Crippen LogP contribution is 2.33. The van der Waals surface area contributed by atoms with Crippen molar-refractivity contribution in [3.63, 3.8) is 0 Å². The number of halogens is 1. The topological polar surface area (TPSA) is 80.4 Å². The van der Waals surface area contributed by atoms with E-state index in [-0.39, 0.29) is 18.3 Å². The number of thiophene rings is 1. The van der Waals surface area contributed by atoms with Crippen LogP contribution in [0.5, 0.6) is 0 Å². The zero-order chi connectivity index (χ0) is 17.2. The lowest BCUT2D eigenvalue weighted by molar-refractivity contribution is 0.319. The Morgan fingerprint density at radius 1 is 1.42 bits per heavy atom.